The monoisotopic (exact) mass is 520 g/mol. The molecule has 4 N–H and O–H groups in total. The van der Waals surface area contributed by atoms with Crippen molar-refractivity contribution in [1.82, 2.24) is 10.6 Å². The number of amides is 2. The van der Waals surface area contributed by atoms with Crippen LogP contribution in [0.25, 0.3) is 0 Å². The highest BCUT2D eigenvalue weighted by Gasteiger charge is 2.59. The second-order valence-corrected chi connectivity index (χ2v) is 9.42. The van der Waals surface area contributed by atoms with Crippen LogP contribution in [-0.4, -0.2) is 51.4 Å². The quantitative estimate of drug-likeness (QED) is 0.186. The summed E-state index contributed by atoms with van der Waals surface area (Å²) in [6.45, 7) is 4.25. The summed E-state index contributed by atoms with van der Waals surface area (Å²) in [4.78, 5) is 48.1. The van der Waals surface area contributed by atoms with Crippen molar-refractivity contribution < 1.29 is 34.1 Å². The highest BCUT2D eigenvalue weighted by molar-refractivity contribution is 6.06. The minimum Gasteiger partial charge on any atom is -0.510 e. The molecule has 9 nitrogen and oxygen atoms in total. The zero-order chi connectivity index (χ0) is 27.7. The van der Waals surface area contributed by atoms with Gasteiger partial charge in [0.05, 0.1) is 5.70 Å². The third-order valence-corrected chi connectivity index (χ3v) is 5.78. The van der Waals surface area contributed by atoms with Gasteiger partial charge in [-0.3, -0.25) is 19.2 Å². The average Bonchev–Trinajstić information content (AvgIpc) is 3.62. The number of nitrogens with one attached hydrogen (secondary N) is 2. The van der Waals surface area contributed by atoms with Gasteiger partial charge >= 0.3 is 0 Å². The molecule has 0 bridgehead atoms. The van der Waals surface area contributed by atoms with Crippen molar-refractivity contribution in [2.45, 2.75) is 50.9 Å². The number of carbonyl (C=O) groups is 4. The number of aliphatic hydroxyl groups excluding tert-OH is 1. The predicted octanol–water partition coefficient (Wildman–Crippen LogP) is 2.70. The molecule has 38 heavy (non-hydrogen) atoms. The number of carbonyl (C=O) groups excluding carboxylic acids is 4. The van der Waals surface area contributed by atoms with Crippen molar-refractivity contribution >= 4 is 23.4 Å². The Bertz CT molecular complexity index is 1210. The minimum absolute atomic E-state index is 0.0501. The van der Waals surface area contributed by atoms with Crippen LogP contribution in [0.4, 0.5) is 0 Å². The van der Waals surface area contributed by atoms with E-state index in [1.807, 2.05) is 12.2 Å². The summed E-state index contributed by atoms with van der Waals surface area (Å²) in [5.74, 6) is -1.36. The van der Waals surface area contributed by atoms with Crippen LogP contribution in [0.5, 0.6) is 0 Å². The fourth-order valence-corrected chi connectivity index (χ4v) is 3.75. The van der Waals surface area contributed by atoms with Crippen LogP contribution in [0, 0.1) is 5.92 Å². The topological polar surface area (TPSA) is 145 Å². The van der Waals surface area contributed by atoms with Gasteiger partial charge < -0.3 is 25.6 Å². The smallest absolute Gasteiger partial charge is 0.248 e. The molecule has 0 spiro atoms. The number of allylic oxidation sites excluding steroid dienone is 11. The van der Waals surface area contributed by atoms with Gasteiger partial charge in [0.2, 0.25) is 17.6 Å². The molecule has 9 heteroatoms. The molecule has 1 heterocycles. The maximum atomic E-state index is 12.4. The number of hydrogen-bond acceptors (Lipinski definition) is 7. The van der Waals surface area contributed by atoms with Gasteiger partial charge in [-0.15, -0.1) is 0 Å². The summed E-state index contributed by atoms with van der Waals surface area (Å²) in [6.07, 6.45) is 19.9. The molecule has 3 atom stereocenters. The molecule has 0 radical (unpaired) electrons. The zero-order valence-corrected chi connectivity index (χ0v) is 21.3. The number of hydrogen-bond donors (Lipinski definition) is 4. The summed E-state index contributed by atoms with van der Waals surface area (Å²) >= 11 is 0. The molecule has 0 aromatic rings. The molecule has 200 valence electrons. The molecule has 1 fully saturated rings. The highest BCUT2D eigenvalue weighted by Crippen LogP contribution is 2.40. The lowest BCUT2D eigenvalue weighted by Gasteiger charge is -2.23. The highest BCUT2D eigenvalue weighted by atomic mass is 16.6. The van der Waals surface area contributed by atoms with Crippen molar-refractivity contribution in [3.8, 4) is 0 Å². The van der Waals surface area contributed by atoms with E-state index >= 15 is 0 Å². The average molecular weight is 521 g/mol. The van der Waals surface area contributed by atoms with Gasteiger partial charge in [-0.1, -0.05) is 68.5 Å². The van der Waals surface area contributed by atoms with Crippen LogP contribution in [0.2, 0.25) is 0 Å². The first-order valence-corrected chi connectivity index (χ1v) is 12.4. The number of aliphatic hydroxyl groups is 2. The van der Waals surface area contributed by atoms with Gasteiger partial charge in [0.1, 0.15) is 23.2 Å². The van der Waals surface area contributed by atoms with E-state index in [0.29, 0.717) is 5.92 Å². The van der Waals surface area contributed by atoms with Crippen molar-refractivity contribution in [2.75, 3.05) is 0 Å². The Balaban J connectivity index is 1.54. The van der Waals surface area contributed by atoms with E-state index in [-0.39, 0.29) is 35.8 Å². The summed E-state index contributed by atoms with van der Waals surface area (Å²) < 4.78 is 5.33. The van der Waals surface area contributed by atoms with Gasteiger partial charge in [0, 0.05) is 25.0 Å². The lowest BCUT2D eigenvalue weighted by atomic mass is 9.88. The van der Waals surface area contributed by atoms with E-state index < -0.39 is 35.4 Å². The van der Waals surface area contributed by atoms with E-state index in [2.05, 4.69) is 24.5 Å². The molecule has 0 aromatic heterocycles. The van der Waals surface area contributed by atoms with Gasteiger partial charge in [-0.2, -0.15) is 0 Å². The van der Waals surface area contributed by atoms with E-state index in [1.165, 1.54) is 42.5 Å². The van der Waals surface area contributed by atoms with Crippen LogP contribution in [0.1, 0.15) is 33.1 Å². The third kappa shape index (κ3) is 7.96. The normalized spacial score (nSPS) is 25.7. The van der Waals surface area contributed by atoms with Crippen LogP contribution in [0.3, 0.4) is 0 Å². The van der Waals surface area contributed by atoms with Gasteiger partial charge in [0.25, 0.3) is 0 Å². The Morgan fingerprint density at radius 2 is 1.63 bits per heavy atom. The SMILES string of the molecule is CC(C)C/C=C/C=C/C=C/C(=O)NC1=CC(O)(/C=C/C=C/C=C/C(=O)NC2=C(O)CCC2=O)C2OC2C1=O. The van der Waals surface area contributed by atoms with E-state index in [4.69, 9.17) is 4.74 Å². The second-order valence-electron chi connectivity index (χ2n) is 9.42. The number of rotatable bonds is 11. The Kier molecular flexibility index (Phi) is 9.70. The largest absolute Gasteiger partial charge is 0.510 e. The molecule has 0 saturated carbocycles. The first kappa shape index (κ1) is 28.5. The molecule has 1 saturated heterocycles. The van der Waals surface area contributed by atoms with Crippen LogP contribution in [0.15, 0.2) is 96.1 Å². The Labute approximate surface area is 221 Å². The van der Waals surface area contributed by atoms with Crippen LogP contribution in [-0.2, 0) is 23.9 Å². The molecule has 3 unspecified atom stereocenters. The molecule has 3 aliphatic rings. The fraction of sp³-hybridized carbons (Fsp3) is 0.310. The number of Topliss-reactive ketones (excluding diaryl/α,β-unsaturated/α-hetero) is 2. The molecule has 0 aromatic carbocycles. The van der Waals surface area contributed by atoms with Crippen LogP contribution < -0.4 is 10.6 Å². The number of epoxide rings is 1. The minimum atomic E-state index is -1.61. The summed E-state index contributed by atoms with van der Waals surface area (Å²) in [5.41, 5.74) is -1.73. The molecular formula is C29H32N2O7. The summed E-state index contributed by atoms with van der Waals surface area (Å²) in [7, 11) is 0. The molecule has 2 amide bonds. The van der Waals surface area contributed by atoms with Crippen molar-refractivity contribution in [1.29, 1.82) is 0 Å². The van der Waals surface area contributed by atoms with Gasteiger partial charge in [-0.05, 0) is 24.5 Å². The predicted molar refractivity (Wildman–Crippen MR) is 141 cm³/mol. The molecule has 1 aliphatic heterocycles. The lowest BCUT2D eigenvalue weighted by molar-refractivity contribution is -0.121. The Hall–Kier alpha value is -4.08. The lowest BCUT2D eigenvalue weighted by Crippen LogP contribution is -2.42. The summed E-state index contributed by atoms with van der Waals surface area (Å²) in [6, 6.07) is 0. The maximum Gasteiger partial charge on any atom is 0.248 e. The first-order valence-electron chi connectivity index (χ1n) is 12.4. The van der Waals surface area contributed by atoms with E-state index in [9.17, 15) is 29.4 Å². The second kappa shape index (κ2) is 12.9. The number of fused-ring (bicyclic) bond motifs is 1. The third-order valence-electron chi connectivity index (χ3n) is 5.78. The maximum absolute atomic E-state index is 12.4. The molecule has 3 rings (SSSR count). The zero-order valence-electron chi connectivity index (χ0n) is 21.3. The first-order chi connectivity index (χ1) is 18.1. The Morgan fingerprint density at radius 3 is 2.26 bits per heavy atom. The molecular weight excluding hydrogens is 488 g/mol. The molecule has 2 aliphatic carbocycles. The Morgan fingerprint density at radius 1 is 1.00 bits per heavy atom. The standard InChI is InChI=1S/C29H32N2O7/c1-19(2)12-8-4-3-5-9-13-23(34)30-20-18-29(37,28-27(38-28)26(20)36)17-11-7-6-10-14-24(35)31-25-21(32)15-16-22(25)33/h3-11,13-14,17-19,27-28,32,37H,12,15-16H2,1-2H3,(H,30,34)(H,31,35)/b5-3+,7-6+,8-4+,13-9+,14-10+,17-11+. The van der Waals surface area contributed by atoms with E-state index in [1.54, 1.807) is 24.3 Å². The van der Waals surface area contributed by atoms with Gasteiger partial charge in [0.15, 0.2) is 11.9 Å². The van der Waals surface area contributed by atoms with Crippen LogP contribution >= 0.6 is 0 Å². The number of ether oxygens (including phenoxy) is 1. The van der Waals surface area contributed by atoms with Crippen molar-refractivity contribution in [3.05, 3.63) is 96.1 Å². The number of ketones is 2. The van der Waals surface area contributed by atoms with Gasteiger partial charge in [-0.25, -0.2) is 0 Å². The van der Waals surface area contributed by atoms with Crippen molar-refractivity contribution in [2.24, 2.45) is 5.92 Å². The van der Waals surface area contributed by atoms with Crippen molar-refractivity contribution in [3.63, 3.8) is 0 Å². The fourth-order valence-electron chi connectivity index (χ4n) is 3.75. The van der Waals surface area contributed by atoms with E-state index in [0.717, 1.165) is 6.42 Å². The summed E-state index contributed by atoms with van der Waals surface area (Å²) in [5, 5.41) is 25.4.